The molecule has 2 N–H and O–H groups in total. The summed E-state index contributed by atoms with van der Waals surface area (Å²) in [6.45, 7) is 9.14. The molecule has 4 nitrogen and oxygen atoms in total. The highest BCUT2D eigenvalue weighted by molar-refractivity contribution is 5.68. The van der Waals surface area contributed by atoms with E-state index in [4.69, 9.17) is 4.74 Å². The number of hydrogen-bond donors (Lipinski definition) is 2. The minimum atomic E-state index is -0.421. The Bertz CT molecular complexity index is 358. The molecule has 122 valence electrons. The maximum Gasteiger partial charge on any atom is 0.407 e. The average molecular weight is 296 g/mol. The van der Waals surface area contributed by atoms with Gasteiger partial charge in [-0.1, -0.05) is 6.92 Å². The van der Waals surface area contributed by atoms with E-state index in [9.17, 15) is 4.79 Å². The largest absolute Gasteiger partial charge is 0.444 e. The van der Waals surface area contributed by atoms with E-state index < -0.39 is 5.60 Å². The fourth-order valence-corrected chi connectivity index (χ4v) is 3.17. The van der Waals surface area contributed by atoms with Crippen LogP contribution in [0.3, 0.4) is 0 Å². The number of carbonyl (C=O) groups is 1. The predicted molar refractivity (Wildman–Crippen MR) is 85.4 cm³/mol. The third kappa shape index (κ3) is 5.50. The molecule has 4 heteroatoms. The SMILES string of the molecule is CCC1(CNC2CCCC(NC(=O)OC(C)(C)C)C2)CC1. The van der Waals surface area contributed by atoms with Crippen LogP contribution < -0.4 is 10.6 Å². The highest BCUT2D eigenvalue weighted by Crippen LogP contribution is 2.48. The van der Waals surface area contributed by atoms with E-state index in [0.717, 1.165) is 19.4 Å². The van der Waals surface area contributed by atoms with Crippen LogP contribution in [0.4, 0.5) is 4.79 Å². The monoisotopic (exact) mass is 296 g/mol. The van der Waals surface area contributed by atoms with Crippen molar-refractivity contribution in [1.82, 2.24) is 10.6 Å². The molecule has 2 atom stereocenters. The zero-order valence-corrected chi connectivity index (χ0v) is 14.1. The second kappa shape index (κ2) is 6.55. The first-order valence-corrected chi connectivity index (χ1v) is 8.55. The minimum Gasteiger partial charge on any atom is -0.444 e. The summed E-state index contributed by atoms with van der Waals surface area (Å²) in [7, 11) is 0. The van der Waals surface area contributed by atoms with Crippen LogP contribution in [0.5, 0.6) is 0 Å². The number of carbonyl (C=O) groups excluding carboxylic acids is 1. The molecule has 21 heavy (non-hydrogen) atoms. The fourth-order valence-electron chi connectivity index (χ4n) is 3.17. The third-order valence-corrected chi connectivity index (χ3v) is 4.87. The van der Waals surface area contributed by atoms with E-state index in [2.05, 4.69) is 17.6 Å². The van der Waals surface area contributed by atoms with Crippen molar-refractivity contribution in [2.75, 3.05) is 6.54 Å². The topological polar surface area (TPSA) is 50.4 Å². The number of nitrogens with one attached hydrogen (secondary N) is 2. The van der Waals surface area contributed by atoms with Crippen LogP contribution >= 0.6 is 0 Å². The van der Waals surface area contributed by atoms with Gasteiger partial charge in [0.25, 0.3) is 0 Å². The van der Waals surface area contributed by atoms with Crippen LogP contribution in [0.15, 0.2) is 0 Å². The molecule has 0 heterocycles. The fraction of sp³-hybridized carbons (Fsp3) is 0.941. The van der Waals surface area contributed by atoms with Gasteiger partial charge in [0.1, 0.15) is 5.60 Å². The molecule has 0 spiro atoms. The summed E-state index contributed by atoms with van der Waals surface area (Å²) in [5.74, 6) is 0. The Hall–Kier alpha value is -0.770. The molecule has 2 aliphatic carbocycles. The maximum atomic E-state index is 11.9. The van der Waals surface area contributed by atoms with E-state index in [-0.39, 0.29) is 12.1 Å². The van der Waals surface area contributed by atoms with Gasteiger partial charge in [0.05, 0.1) is 0 Å². The van der Waals surface area contributed by atoms with Gasteiger partial charge in [0, 0.05) is 18.6 Å². The first-order valence-electron chi connectivity index (χ1n) is 8.55. The second-order valence-corrected chi connectivity index (χ2v) is 7.94. The molecular formula is C17H32N2O2. The number of ether oxygens (including phenoxy) is 1. The lowest BCUT2D eigenvalue weighted by atomic mass is 9.90. The lowest BCUT2D eigenvalue weighted by Gasteiger charge is -2.32. The van der Waals surface area contributed by atoms with Crippen molar-refractivity contribution >= 4 is 6.09 Å². The van der Waals surface area contributed by atoms with Gasteiger partial charge in [-0.05, 0) is 71.1 Å². The normalized spacial score (nSPS) is 28.0. The van der Waals surface area contributed by atoms with Crippen molar-refractivity contribution in [2.24, 2.45) is 5.41 Å². The molecule has 0 aromatic carbocycles. The summed E-state index contributed by atoms with van der Waals surface area (Å²) in [6, 6.07) is 0.797. The van der Waals surface area contributed by atoms with Crippen LogP contribution in [0.25, 0.3) is 0 Å². The van der Waals surface area contributed by atoms with Crippen molar-refractivity contribution in [3.8, 4) is 0 Å². The molecule has 2 fully saturated rings. The predicted octanol–water partition coefficient (Wildman–Crippen LogP) is 3.60. The standard InChI is InChI=1S/C17H32N2O2/c1-5-17(9-10-17)12-18-13-7-6-8-14(11-13)19-15(20)21-16(2,3)4/h13-14,18H,5-12H2,1-4H3,(H,19,20). The van der Waals surface area contributed by atoms with Crippen LogP contribution in [0, 0.1) is 5.41 Å². The Kier molecular flexibility index (Phi) is 5.18. The van der Waals surface area contributed by atoms with Gasteiger partial charge in [-0.2, -0.15) is 0 Å². The third-order valence-electron chi connectivity index (χ3n) is 4.87. The molecule has 0 bridgehead atoms. The molecule has 0 radical (unpaired) electrons. The van der Waals surface area contributed by atoms with E-state index in [1.54, 1.807) is 0 Å². The van der Waals surface area contributed by atoms with Gasteiger partial charge in [0.15, 0.2) is 0 Å². The molecule has 0 aromatic heterocycles. The van der Waals surface area contributed by atoms with Crippen molar-refractivity contribution in [1.29, 1.82) is 0 Å². The van der Waals surface area contributed by atoms with Gasteiger partial charge in [-0.25, -0.2) is 4.79 Å². The Morgan fingerprint density at radius 3 is 2.48 bits per heavy atom. The first kappa shape index (κ1) is 16.6. The lowest BCUT2D eigenvalue weighted by Crippen LogP contribution is -2.46. The molecule has 1 amide bonds. The van der Waals surface area contributed by atoms with Gasteiger partial charge in [-0.3, -0.25) is 0 Å². The summed E-state index contributed by atoms with van der Waals surface area (Å²) in [5, 5.41) is 6.77. The van der Waals surface area contributed by atoms with Crippen molar-refractivity contribution in [2.45, 2.75) is 90.3 Å². The van der Waals surface area contributed by atoms with E-state index >= 15 is 0 Å². The Morgan fingerprint density at radius 2 is 1.90 bits per heavy atom. The van der Waals surface area contributed by atoms with Crippen LogP contribution in [-0.2, 0) is 4.74 Å². The minimum absolute atomic E-state index is 0.253. The van der Waals surface area contributed by atoms with Crippen LogP contribution in [-0.4, -0.2) is 30.3 Å². The van der Waals surface area contributed by atoms with E-state index in [1.165, 1.54) is 32.1 Å². The van der Waals surface area contributed by atoms with Gasteiger partial charge < -0.3 is 15.4 Å². The van der Waals surface area contributed by atoms with Crippen molar-refractivity contribution in [3.05, 3.63) is 0 Å². The highest BCUT2D eigenvalue weighted by Gasteiger charge is 2.40. The van der Waals surface area contributed by atoms with Crippen LogP contribution in [0.2, 0.25) is 0 Å². The maximum absolute atomic E-state index is 11.9. The first-order chi connectivity index (χ1) is 9.82. The Balaban J connectivity index is 1.71. The average Bonchev–Trinajstić information content (AvgIpc) is 3.15. The molecule has 0 aromatic rings. The summed E-state index contributed by atoms with van der Waals surface area (Å²) in [5.41, 5.74) is 0.168. The lowest BCUT2D eigenvalue weighted by molar-refractivity contribution is 0.0488. The molecular weight excluding hydrogens is 264 g/mol. The number of alkyl carbamates (subject to hydrolysis) is 1. The summed E-state index contributed by atoms with van der Waals surface area (Å²) >= 11 is 0. The summed E-state index contributed by atoms with van der Waals surface area (Å²) < 4.78 is 5.35. The summed E-state index contributed by atoms with van der Waals surface area (Å²) in [4.78, 5) is 11.9. The molecule has 2 saturated carbocycles. The number of amides is 1. The van der Waals surface area contributed by atoms with Gasteiger partial charge in [0.2, 0.25) is 0 Å². The molecule has 0 aliphatic heterocycles. The molecule has 0 saturated heterocycles. The Labute approximate surface area is 129 Å². The summed E-state index contributed by atoms with van der Waals surface area (Å²) in [6.07, 6.45) is 8.26. The van der Waals surface area contributed by atoms with E-state index in [0.29, 0.717) is 11.5 Å². The molecule has 2 rings (SSSR count). The number of rotatable bonds is 5. The highest BCUT2D eigenvalue weighted by atomic mass is 16.6. The zero-order chi connectivity index (χ0) is 15.5. The van der Waals surface area contributed by atoms with Gasteiger partial charge >= 0.3 is 6.09 Å². The quantitative estimate of drug-likeness (QED) is 0.815. The number of hydrogen-bond acceptors (Lipinski definition) is 3. The van der Waals surface area contributed by atoms with Crippen LogP contribution in [0.1, 0.15) is 72.6 Å². The molecule has 2 unspecified atom stereocenters. The van der Waals surface area contributed by atoms with Crippen molar-refractivity contribution in [3.63, 3.8) is 0 Å². The molecule has 2 aliphatic rings. The second-order valence-electron chi connectivity index (χ2n) is 7.94. The zero-order valence-electron chi connectivity index (χ0n) is 14.1. The van der Waals surface area contributed by atoms with Gasteiger partial charge in [-0.15, -0.1) is 0 Å². The smallest absolute Gasteiger partial charge is 0.407 e. The van der Waals surface area contributed by atoms with Crippen molar-refractivity contribution < 1.29 is 9.53 Å². The Morgan fingerprint density at radius 1 is 1.24 bits per heavy atom. The van der Waals surface area contributed by atoms with E-state index in [1.807, 2.05) is 20.8 Å².